The van der Waals surface area contributed by atoms with Gasteiger partial charge < -0.3 is 10.0 Å². The zero-order valence-electron chi connectivity index (χ0n) is 19.6. The van der Waals surface area contributed by atoms with Crippen LogP contribution in [0.4, 0.5) is 21.9 Å². The van der Waals surface area contributed by atoms with E-state index in [9.17, 15) is 23.1 Å². The van der Waals surface area contributed by atoms with Crippen LogP contribution in [0.1, 0.15) is 12.6 Å². The highest BCUT2D eigenvalue weighted by Gasteiger charge is 2.35. The number of aromatic nitrogens is 1. The van der Waals surface area contributed by atoms with Crippen LogP contribution in [0.3, 0.4) is 0 Å². The second-order valence-corrected chi connectivity index (χ2v) is 10.5. The predicted octanol–water partition coefficient (Wildman–Crippen LogP) is 3.61. The zero-order valence-corrected chi connectivity index (χ0v) is 20.4. The molecule has 9 nitrogen and oxygen atoms in total. The van der Waals surface area contributed by atoms with Gasteiger partial charge in [-0.1, -0.05) is 24.3 Å². The monoisotopic (exact) mass is 494 g/mol. The van der Waals surface area contributed by atoms with E-state index in [2.05, 4.69) is 4.98 Å². The van der Waals surface area contributed by atoms with E-state index in [0.717, 1.165) is 17.4 Å². The predicted molar refractivity (Wildman–Crippen MR) is 135 cm³/mol. The lowest BCUT2D eigenvalue weighted by Crippen LogP contribution is -2.52. The largest absolute Gasteiger partial charge is 0.465 e. The number of nitrogens with zero attached hydrogens (tertiary/aromatic N) is 4. The first-order chi connectivity index (χ1) is 16.6. The van der Waals surface area contributed by atoms with E-state index >= 15 is 0 Å². The van der Waals surface area contributed by atoms with Crippen molar-refractivity contribution in [2.45, 2.75) is 19.4 Å². The van der Waals surface area contributed by atoms with Crippen molar-refractivity contribution in [3.63, 3.8) is 0 Å². The molecule has 1 N–H and O–H groups in total. The van der Waals surface area contributed by atoms with Gasteiger partial charge in [0.1, 0.15) is 0 Å². The van der Waals surface area contributed by atoms with Crippen LogP contribution in [0.15, 0.2) is 66.9 Å². The highest BCUT2D eigenvalue weighted by Crippen LogP contribution is 2.39. The van der Waals surface area contributed by atoms with Crippen molar-refractivity contribution in [3.8, 4) is 11.1 Å². The molecule has 0 saturated heterocycles. The standard InChI is InChI=1S/C25H26N4O5S/c1-17-16-28(25(31)32)23-14-19(18-7-10-21(11-8-18)27(2)35(3,33)34)9-12-22(23)29(17)24(30)15-20-6-4-5-13-26-20/h4-14,17H,15-16H2,1-3H3,(H,31,32)/t17-/m0/s1. The van der Waals surface area contributed by atoms with Gasteiger partial charge in [-0.15, -0.1) is 0 Å². The van der Waals surface area contributed by atoms with Crippen LogP contribution >= 0.6 is 0 Å². The highest BCUT2D eigenvalue weighted by atomic mass is 32.2. The minimum absolute atomic E-state index is 0.106. The first-order valence-electron chi connectivity index (χ1n) is 11.0. The van der Waals surface area contributed by atoms with E-state index in [-0.39, 0.29) is 24.9 Å². The second-order valence-electron chi connectivity index (χ2n) is 8.48. The molecule has 4 rings (SSSR count). The van der Waals surface area contributed by atoms with Crippen LogP contribution < -0.4 is 14.1 Å². The molecule has 1 aliphatic rings. The van der Waals surface area contributed by atoms with Crippen molar-refractivity contribution in [1.82, 2.24) is 4.98 Å². The summed E-state index contributed by atoms with van der Waals surface area (Å²) < 4.78 is 24.8. The molecule has 0 spiro atoms. The summed E-state index contributed by atoms with van der Waals surface area (Å²) in [5.74, 6) is -0.164. The number of benzene rings is 2. The van der Waals surface area contributed by atoms with Gasteiger partial charge in [-0.05, 0) is 54.4 Å². The summed E-state index contributed by atoms with van der Waals surface area (Å²) in [5, 5.41) is 9.85. The number of anilines is 3. The molecule has 1 aromatic heterocycles. The summed E-state index contributed by atoms with van der Waals surface area (Å²) in [6.45, 7) is 1.96. The Hall–Kier alpha value is -3.92. The van der Waals surface area contributed by atoms with Crippen LogP contribution in [0.25, 0.3) is 11.1 Å². The van der Waals surface area contributed by atoms with Gasteiger partial charge in [0.2, 0.25) is 15.9 Å². The molecule has 2 amide bonds. The van der Waals surface area contributed by atoms with E-state index in [0.29, 0.717) is 22.8 Å². The molecular weight excluding hydrogens is 468 g/mol. The van der Waals surface area contributed by atoms with Crippen molar-refractivity contribution < 1.29 is 23.1 Å². The SMILES string of the molecule is C[C@H]1CN(C(=O)O)c2cc(-c3ccc(N(C)S(C)(=O)=O)cc3)ccc2N1C(=O)Cc1ccccn1. The van der Waals surface area contributed by atoms with Gasteiger partial charge in [-0.25, -0.2) is 13.2 Å². The zero-order chi connectivity index (χ0) is 25.3. The topological polar surface area (TPSA) is 111 Å². The van der Waals surface area contributed by atoms with Gasteiger partial charge in [-0.2, -0.15) is 0 Å². The lowest BCUT2D eigenvalue weighted by molar-refractivity contribution is -0.118. The van der Waals surface area contributed by atoms with Gasteiger partial charge >= 0.3 is 6.09 Å². The molecule has 3 aromatic rings. The maximum atomic E-state index is 13.2. The fraction of sp³-hybridized carbons (Fsp3) is 0.240. The van der Waals surface area contributed by atoms with Crippen LogP contribution in [-0.4, -0.2) is 56.4 Å². The molecule has 35 heavy (non-hydrogen) atoms. The van der Waals surface area contributed by atoms with Crippen molar-refractivity contribution in [2.24, 2.45) is 0 Å². The number of rotatable bonds is 5. The molecule has 0 aliphatic carbocycles. The van der Waals surface area contributed by atoms with Crippen molar-refractivity contribution >= 4 is 39.1 Å². The number of hydrogen-bond acceptors (Lipinski definition) is 5. The molecule has 0 saturated carbocycles. The van der Waals surface area contributed by atoms with Gasteiger partial charge in [0.15, 0.2) is 0 Å². The van der Waals surface area contributed by atoms with Crippen LogP contribution in [0, 0.1) is 0 Å². The summed E-state index contributed by atoms with van der Waals surface area (Å²) in [5.41, 5.74) is 3.62. The van der Waals surface area contributed by atoms with Crippen molar-refractivity contribution in [1.29, 1.82) is 0 Å². The Bertz CT molecular complexity index is 1360. The number of carboxylic acid groups (broad SMARTS) is 1. The van der Waals surface area contributed by atoms with Crippen LogP contribution in [0.5, 0.6) is 0 Å². The Morgan fingerprint density at radius 1 is 1.06 bits per heavy atom. The number of pyridine rings is 1. The molecule has 0 radical (unpaired) electrons. The average Bonchev–Trinajstić information content (AvgIpc) is 2.82. The van der Waals surface area contributed by atoms with Crippen LogP contribution in [0.2, 0.25) is 0 Å². The molecule has 0 fully saturated rings. The normalized spacial score (nSPS) is 15.5. The summed E-state index contributed by atoms with van der Waals surface area (Å²) in [4.78, 5) is 32.4. The van der Waals surface area contributed by atoms with E-state index < -0.39 is 16.1 Å². The molecule has 0 bridgehead atoms. The Labute approximate surface area is 204 Å². The Morgan fingerprint density at radius 3 is 2.34 bits per heavy atom. The summed E-state index contributed by atoms with van der Waals surface area (Å²) in [7, 11) is -1.91. The number of sulfonamides is 1. The van der Waals surface area contributed by atoms with Gasteiger partial charge in [0, 0.05) is 25.5 Å². The highest BCUT2D eigenvalue weighted by molar-refractivity contribution is 7.92. The molecule has 1 atom stereocenters. The van der Waals surface area contributed by atoms with E-state index in [1.807, 2.05) is 19.1 Å². The summed E-state index contributed by atoms with van der Waals surface area (Å²) in [6.07, 6.45) is 1.77. The van der Waals surface area contributed by atoms with E-state index in [4.69, 9.17) is 0 Å². The quantitative estimate of drug-likeness (QED) is 0.580. The number of carbonyl (C=O) groups excluding carboxylic acids is 1. The molecule has 0 unspecified atom stereocenters. The van der Waals surface area contributed by atoms with E-state index in [1.54, 1.807) is 59.6 Å². The summed E-state index contributed by atoms with van der Waals surface area (Å²) >= 11 is 0. The lowest BCUT2D eigenvalue weighted by Gasteiger charge is -2.40. The minimum atomic E-state index is -3.39. The maximum Gasteiger partial charge on any atom is 0.411 e. The average molecular weight is 495 g/mol. The molecule has 1 aliphatic heterocycles. The first-order valence-corrected chi connectivity index (χ1v) is 12.8. The second kappa shape index (κ2) is 9.38. The molecule has 182 valence electrons. The number of hydrogen-bond donors (Lipinski definition) is 1. The number of fused-ring (bicyclic) bond motifs is 1. The van der Waals surface area contributed by atoms with Gasteiger partial charge in [-0.3, -0.25) is 19.0 Å². The third-order valence-electron chi connectivity index (χ3n) is 6.03. The van der Waals surface area contributed by atoms with Crippen molar-refractivity contribution in [3.05, 3.63) is 72.6 Å². The maximum absolute atomic E-state index is 13.2. The van der Waals surface area contributed by atoms with Crippen LogP contribution in [-0.2, 0) is 21.2 Å². The van der Waals surface area contributed by atoms with Gasteiger partial charge in [0.05, 0.1) is 35.8 Å². The molecule has 2 aromatic carbocycles. The van der Waals surface area contributed by atoms with E-state index in [1.165, 1.54) is 16.3 Å². The third-order valence-corrected chi connectivity index (χ3v) is 7.24. The summed E-state index contributed by atoms with van der Waals surface area (Å²) in [6, 6.07) is 17.3. The fourth-order valence-electron chi connectivity index (χ4n) is 4.16. The molecular formula is C25H26N4O5S. The number of amides is 2. The first kappa shape index (κ1) is 24.2. The Balaban J connectivity index is 1.70. The fourth-order valence-corrected chi connectivity index (χ4v) is 4.67. The lowest BCUT2D eigenvalue weighted by atomic mass is 10.00. The minimum Gasteiger partial charge on any atom is -0.465 e. The molecule has 10 heteroatoms. The Kier molecular flexibility index (Phi) is 6.49. The Morgan fingerprint density at radius 2 is 1.74 bits per heavy atom. The van der Waals surface area contributed by atoms with Gasteiger partial charge in [0.25, 0.3) is 0 Å². The third kappa shape index (κ3) is 4.97. The smallest absolute Gasteiger partial charge is 0.411 e. The van der Waals surface area contributed by atoms with Crippen molar-refractivity contribution in [2.75, 3.05) is 34.0 Å². The molecule has 2 heterocycles. The number of carbonyl (C=O) groups is 2.